The highest BCUT2D eigenvalue weighted by Gasteiger charge is 2.16. The summed E-state index contributed by atoms with van der Waals surface area (Å²) in [6.45, 7) is 4.73. The SMILES string of the molecule is CCN(C(=O)NC)c1ccc2cccc(C(C)c3c[nH]cn3)c2c1. The molecule has 2 amide bonds. The number of amides is 2. The highest BCUT2D eigenvalue weighted by Crippen LogP contribution is 2.32. The number of hydrogen-bond donors (Lipinski definition) is 2. The van der Waals surface area contributed by atoms with Gasteiger partial charge in [-0.05, 0) is 35.4 Å². The minimum atomic E-state index is -0.102. The Balaban J connectivity index is 2.11. The molecule has 0 aliphatic heterocycles. The van der Waals surface area contributed by atoms with Gasteiger partial charge in [-0.25, -0.2) is 9.78 Å². The number of fused-ring (bicyclic) bond motifs is 1. The van der Waals surface area contributed by atoms with Crippen molar-refractivity contribution < 1.29 is 4.79 Å². The summed E-state index contributed by atoms with van der Waals surface area (Å²) in [5.74, 6) is 0.172. The van der Waals surface area contributed by atoms with E-state index in [1.807, 2.05) is 19.2 Å². The normalized spacial score (nSPS) is 12.1. The monoisotopic (exact) mass is 322 g/mol. The maximum atomic E-state index is 12.1. The van der Waals surface area contributed by atoms with Gasteiger partial charge in [-0.15, -0.1) is 0 Å². The molecule has 0 bridgehead atoms. The number of rotatable bonds is 4. The molecule has 0 aliphatic rings. The molecule has 0 aliphatic carbocycles. The summed E-state index contributed by atoms with van der Waals surface area (Å²) in [6.07, 6.45) is 3.63. The fourth-order valence-corrected chi connectivity index (χ4v) is 3.08. The summed E-state index contributed by atoms with van der Waals surface area (Å²) >= 11 is 0. The molecule has 1 atom stereocenters. The number of nitrogens with one attached hydrogen (secondary N) is 2. The number of carbonyl (C=O) groups excluding carboxylic acids is 1. The Morgan fingerprint density at radius 3 is 2.83 bits per heavy atom. The third-order valence-electron chi connectivity index (χ3n) is 4.42. The van der Waals surface area contributed by atoms with Crippen molar-refractivity contribution >= 4 is 22.5 Å². The van der Waals surface area contributed by atoms with Gasteiger partial charge in [-0.2, -0.15) is 0 Å². The van der Waals surface area contributed by atoms with Gasteiger partial charge in [-0.1, -0.05) is 31.2 Å². The van der Waals surface area contributed by atoms with Crippen molar-refractivity contribution in [3.8, 4) is 0 Å². The van der Waals surface area contributed by atoms with Gasteiger partial charge in [-0.3, -0.25) is 4.90 Å². The van der Waals surface area contributed by atoms with Gasteiger partial charge in [0.1, 0.15) is 0 Å². The van der Waals surface area contributed by atoms with E-state index in [9.17, 15) is 4.79 Å². The number of carbonyl (C=O) groups is 1. The summed E-state index contributed by atoms with van der Waals surface area (Å²) in [5.41, 5.74) is 3.10. The molecule has 2 aromatic carbocycles. The van der Waals surface area contributed by atoms with Crippen molar-refractivity contribution in [2.24, 2.45) is 0 Å². The lowest BCUT2D eigenvalue weighted by Gasteiger charge is -2.22. The summed E-state index contributed by atoms with van der Waals surface area (Å²) in [7, 11) is 1.65. The van der Waals surface area contributed by atoms with Crippen LogP contribution in [0.4, 0.5) is 10.5 Å². The van der Waals surface area contributed by atoms with E-state index in [0.717, 1.165) is 22.2 Å². The second kappa shape index (κ2) is 6.74. The van der Waals surface area contributed by atoms with Gasteiger partial charge in [0.2, 0.25) is 0 Å². The minimum Gasteiger partial charge on any atom is -0.351 e. The number of benzene rings is 2. The second-order valence-electron chi connectivity index (χ2n) is 5.77. The number of aromatic amines is 1. The molecule has 124 valence electrons. The average Bonchev–Trinajstić information content (AvgIpc) is 3.15. The summed E-state index contributed by atoms with van der Waals surface area (Å²) in [4.78, 5) is 21.2. The lowest BCUT2D eigenvalue weighted by atomic mass is 9.92. The number of hydrogen-bond acceptors (Lipinski definition) is 2. The van der Waals surface area contributed by atoms with Crippen LogP contribution in [0.25, 0.3) is 10.8 Å². The van der Waals surface area contributed by atoms with Crippen LogP contribution in [0.3, 0.4) is 0 Å². The van der Waals surface area contributed by atoms with Crippen LogP contribution < -0.4 is 10.2 Å². The molecule has 3 rings (SSSR count). The molecular weight excluding hydrogens is 300 g/mol. The number of nitrogens with zero attached hydrogens (tertiary/aromatic N) is 2. The van der Waals surface area contributed by atoms with Crippen LogP contribution in [0.1, 0.15) is 31.0 Å². The van der Waals surface area contributed by atoms with Gasteiger partial charge in [0.25, 0.3) is 0 Å². The van der Waals surface area contributed by atoms with E-state index in [1.54, 1.807) is 18.3 Å². The van der Waals surface area contributed by atoms with Crippen LogP contribution >= 0.6 is 0 Å². The molecule has 0 saturated heterocycles. The van der Waals surface area contributed by atoms with Crippen molar-refractivity contribution in [1.82, 2.24) is 15.3 Å². The van der Waals surface area contributed by atoms with E-state index in [-0.39, 0.29) is 11.9 Å². The lowest BCUT2D eigenvalue weighted by Crippen LogP contribution is -2.37. The van der Waals surface area contributed by atoms with Crippen molar-refractivity contribution in [3.05, 3.63) is 60.2 Å². The van der Waals surface area contributed by atoms with Gasteiger partial charge in [0.05, 0.1) is 12.0 Å². The summed E-state index contributed by atoms with van der Waals surface area (Å²) < 4.78 is 0. The zero-order valence-electron chi connectivity index (χ0n) is 14.2. The fraction of sp³-hybridized carbons (Fsp3) is 0.263. The average molecular weight is 322 g/mol. The molecule has 0 saturated carbocycles. The molecule has 1 heterocycles. The molecule has 0 spiro atoms. The number of H-pyrrole nitrogens is 1. The number of aromatic nitrogens is 2. The van der Waals surface area contributed by atoms with Crippen LogP contribution in [-0.2, 0) is 0 Å². The molecule has 1 aromatic heterocycles. The number of urea groups is 1. The van der Waals surface area contributed by atoms with E-state index < -0.39 is 0 Å². The van der Waals surface area contributed by atoms with Gasteiger partial charge in [0.15, 0.2) is 0 Å². The van der Waals surface area contributed by atoms with Gasteiger partial charge >= 0.3 is 6.03 Å². The Kier molecular flexibility index (Phi) is 4.51. The largest absolute Gasteiger partial charge is 0.351 e. The zero-order chi connectivity index (χ0) is 17.1. The topological polar surface area (TPSA) is 61.0 Å². The Hall–Kier alpha value is -2.82. The van der Waals surface area contributed by atoms with Crippen LogP contribution in [0.5, 0.6) is 0 Å². The van der Waals surface area contributed by atoms with Crippen molar-refractivity contribution in [1.29, 1.82) is 0 Å². The molecule has 1 unspecified atom stereocenters. The Bertz CT molecular complexity index is 842. The van der Waals surface area contributed by atoms with Crippen LogP contribution in [0.15, 0.2) is 48.9 Å². The quantitative estimate of drug-likeness (QED) is 0.766. The third-order valence-corrected chi connectivity index (χ3v) is 4.42. The highest BCUT2D eigenvalue weighted by atomic mass is 16.2. The first kappa shape index (κ1) is 16.1. The number of imidazole rings is 1. The third kappa shape index (κ3) is 2.85. The van der Waals surface area contributed by atoms with Gasteiger partial charge in [0, 0.05) is 31.4 Å². The number of anilines is 1. The van der Waals surface area contributed by atoms with E-state index in [4.69, 9.17) is 0 Å². The smallest absolute Gasteiger partial charge is 0.321 e. The predicted molar refractivity (Wildman–Crippen MR) is 97.5 cm³/mol. The van der Waals surface area contributed by atoms with E-state index >= 15 is 0 Å². The predicted octanol–water partition coefficient (Wildman–Crippen LogP) is 3.88. The maximum Gasteiger partial charge on any atom is 0.321 e. The Labute approximate surface area is 141 Å². The zero-order valence-corrected chi connectivity index (χ0v) is 14.2. The van der Waals surface area contributed by atoms with Crippen LogP contribution in [0.2, 0.25) is 0 Å². The minimum absolute atomic E-state index is 0.102. The van der Waals surface area contributed by atoms with E-state index in [2.05, 4.69) is 52.5 Å². The first-order valence-electron chi connectivity index (χ1n) is 8.16. The molecule has 0 radical (unpaired) electrons. The molecule has 5 heteroatoms. The highest BCUT2D eigenvalue weighted by molar-refractivity contribution is 5.96. The van der Waals surface area contributed by atoms with Gasteiger partial charge < -0.3 is 10.3 Å². The van der Waals surface area contributed by atoms with E-state index in [1.165, 1.54) is 5.56 Å². The first-order valence-corrected chi connectivity index (χ1v) is 8.16. The maximum absolute atomic E-state index is 12.1. The molecule has 24 heavy (non-hydrogen) atoms. The fourth-order valence-electron chi connectivity index (χ4n) is 3.08. The molecule has 0 fully saturated rings. The Morgan fingerprint density at radius 2 is 2.17 bits per heavy atom. The summed E-state index contributed by atoms with van der Waals surface area (Å²) in [6, 6.07) is 12.3. The van der Waals surface area contributed by atoms with Crippen LogP contribution in [0, 0.1) is 0 Å². The van der Waals surface area contributed by atoms with Crippen LogP contribution in [-0.4, -0.2) is 29.6 Å². The second-order valence-corrected chi connectivity index (χ2v) is 5.77. The Morgan fingerprint density at radius 1 is 1.33 bits per heavy atom. The molecule has 2 N–H and O–H groups in total. The standard InChI is InChI=1S/C19H22N4O/c1-4-23(19(24)20-3)15-9-8-14-6-5-7-16(17(14)10-15)13(2)18-11-21-12-22-18/h5-13H,4H2,1-3H3,(H,20,24)(H,21,22). The van der Waals surface area contributed by atoms with E-state index in [0.29, 0.717) is 6.54 Å². The lowest BCUT2D eigenvalue weighted by molar-refractivity contribution is 0.248. The molecular formula is C19H22N4O. The van der Waals surface area contributed by atoms with Crippen molar-refractivity contribution in [2.75, 3.05) is 18.5 Å². The molecule has 3 aromatic rings. The first-order chi connectivity index (χ1) is 11.7. The summed E-state index contributed by atoms with van der Waals surface area (Å²) in [5, 5.41) is 5.00. The van der Waals surface area contributed by atoms with Crippen molar-refractivity contribution in [2.45, 2.75) is 19.8 Å². The van der Waals surface area contributed by atoms with Crippen molar-refractivity contribution in [3.63, 3.8) is 0 Å². The molecule has 5 nitrogen and oxygen atoms in total.